The van der Waals surface area contributed by atoms with E-state index in [2.05, 4.69) is 10.3 Å². The van der Waals surface area contributed by atoms with Crippen molar-refractivity contribution in [3.63, 3.8) is 0 Å². The highest BCUT2D eigenvalue weighted by Gasteiger charge is 2.22. The molecule has 0 spiro atoms. The topological polar surface area (TPSA) is 92.5 Å². The molecule has 2 aromatic heterocycles. The van der Waals surface area contributed by atoms with Gasteiger partial charge < -0.3 is 9.73 Å². The van der Waals surface area contributed by atoms with Crippen LogP contribution in [0.5, 0.6) is 0 Å². The summed E-state index contributed by atoms with van der Waals surface area (Å²) in [6, 6.07) is 7.94. The molecule has 0 aliphatic carbocycles. The maximum Gasteiger partial charge on any atom is 0.233 e. The van der Waals surface area contributed by atoms with Crippen molar-refractivity contribution in [3.8, 4) is 11.3 Å². The Morgan fingerprint density at radius 1 is 1.19 bits per heavy atom. The van der Waals surface area contributed by atoms with Crippen LogP contribution < -0.4 is 9.62 Å². The Morgan fingerprint density at radius 3 is 2.50 bits per heavy atom. The number of hydrogen-bond donors (Lipinski definition) is 1. The summed E-state index contributed by atoms with van der Waals surface area (Å²) < 4.78 is 44.9. The van der Waals surface area contributed by atoms with E-state index in [1.165, 1.54) is 26.1 Å². The number of rotatable bonds is 9. The van der Waals surface area contributed by atoms with Crippen LogP contribution in [0.15, 0.2) is 34.7 Å². The van der Waals surface area contributed by atoms with E-state index in [1.807, 2.05) is 13.0 Å². The predicted molar refractivity (Wildman–Crippen MR) is 124 cm³/mol. The third-order valence-electron chi connectivity index (χ3n) is 5.39. The van der Waals surface area contributed by atoms with E-state index in [0.717, 1.165) is 51.9 Å². The fourth-order valence-electron chi connectivity index (χ4n) is 3.54. The van der Waals surface area contributed by atoms with E-state index >= 15 is 0 Å². The van der Waals surface area contributed by atoms with Gasteiger partial charge in [-0.3, -0.25) is 9.10 Å². The molecule has 0 radical (unpaired) electrons. The monoisotopic (exact) mass is 461 g/mol. The lowest BCUT2D eigenvalue weighted by molar-refractivity contribution is -0.118. The van der Waals surface area contributed by atoms with Gasteiger partial charge in [-0.2, -0.15) is 4.98 Å². The number of carbonyl (C=O) groups is 1. The van der Waals surface area contributed by atoms with Gasteiger partial charge in [0, 0.05) is 37.0 Å². The number of nitrogens with one attached hydrogen (secondary N) is 1. The average molecular weight is 462 g/mol. The summed E-state index contributed by atoms with van der Waals surface area (Å²) in [5.74, 6) is 0.525. The fourth-order valence-corrected chi connectivity index (χ4v) is 4.01. The Balaban J connectivity index is 1.95. The Bertz CT molecular complexity index is 1220. The molecule has 2 heterocycles. The van der Waals surface area contributed by atoms with Gasteiger partial charge in [0.2, 0.25) is 21.6 Å². The van der Waals surface area contributed by atoms with Crippen LogP contribution in [0.4, 0.5) is 10.2 Å². The van der Waals surface area contributed by atoms with Crippen LogP contribution in [0.25, 0.3) is 22.4 Å². The molecule has 0 aliphatic rings. The number of benzene rings is 1. The molecule has 32 heavy (non-hydrogen) atoms. The molecule has 172 valence electrons. The van der Waals surface area contributed by atoms with Gasteiger partial charge in [0.05, 0.1) is 6.26 Å². The molecule has 0 fully saturated rings. The summed E-state index contributed by atoms with van der Waals surface area (Å²) in [5.41, 5.74) is 2.72. The van der Waals surface area contributed by atoms with E-state index in [1.54, 1.807) is 12.1 Å². The first-order valence-electron chi connectivity index (χ1n) is 10.4. The van der Waals surface area contributed by atoms with Crippen LogP contribution in [-0.2, 0) is 21.2 Å². The van der Waals surface area contributed by atoms with Crippen LogP contribution in [0, 0.1) is 12.7 Å². The number of halogens is 1. The van der Waals surface area contributed by atoms with Crippen LogP contribution in [0.1, 0.15) is 37.3 Å². The zero-order chi connectivity index (χ0) is 23.5. The molecule has 3 rings (SSSR count). The first-order chi connectivity index (χ1) is 15.1. The number of aryl methyl sites for hydroxylation is 2. The molecule has 0 saturated heterocycles. The van der Waals surface area contributed by atoms with Gasteiger partial charge in [0.15, 0.2) is 0 Å². The molecular formula is C23H28FN3O4S. The van der Waals surface area contributed by atoms with Crippen molar-refractivity contribution >= 4 is 32.8 Å². The summed E-state index contributed by atoms with van der Waals surface area (Å²) >= 11 is 0. The Kier molecular flexibility index (Phi) is 7.18. The van der Waals surface area contributed by atoms with Gasteiger partial charge >= 0.3 is 0 Å². The highest BCUT2D eigenvalue weighted by Crippen LogP contribution is 2.35. The number of fused-ring (bicyclic) bond motifs is 1. The number of nitrogens with zero attached hydrogens (tertiary/aromatic N) is 2. The van der Waals surface area contributed by atoms with Crippen LogP contribution in [0.2, 0.25) is 0 Å². The smallest absolute Gasteiger partial charge is 0.233 e. The normalized spacial score (nSPS) is 11.7. The second kappa shape index (κ2) is 9.68. The maximum absolute atomic E-state index is 13.3. The lowest BCUT2D eigenvalue weighted by atomic mass is 10.0. The Hall–Kier alpha value is -2.94. The Labute approximate surface area is 187 Å². The van der Waals surface area contributed by atoms with Gasteiger partial charge in [-0.25, -0.2) is 12.8 Å². The number of hydrogen-bond acceptors (Lipinski definition) is 5. The van der Waals surface area contributed by atoms with E-state index in [0.29, 0.717) is 30.3 Å². The largest absolute Gasteiger partial charge is 0.437 e. The second-order valence-electron chi connectivity index (χ2n) is 7.91. The zero-order valence-corrected chi connectivity index (χ0v) is 19.6. The van der Waals surface area contributed by atoms with Crippen molar-refractivity contribution in [1.82, 2.24) is 10.3 Å². The first kappa shape index (κ1) is 23.7. The lowest BCUT2D eigenvalue weighted by Gasteiger charge is -2.19. The van der Waals surface area contributed by atoms with Gasteiger partial charge in [-0.05, 0) is 62.1 Å². The summed E-state index contributed by atoms with van der Waals surface area (Å²) in [6.07, 6.45) is 4.30. The number of anilines is 1. The Morgan fingerprint density at radius 2 is 1.88 bits per heavy atom. The number of furan rings is 1. The molecule has 0 unspecified atom stereocenters. The van der Waals surface area contributed by atoms with Gasteiger partial charge in [-0.15, -0.1) is 0 Å². The molecule has 0 atom stereocenters. The minimum atomic E-state index is -3.52. The van der Waals surface area contributed by atoms with Crippen LogP contribution in [-0.4, -0.2) is 39.2 Å². The number of unbranched alkanes of at least 4 members (excludes halogenated alkanes) is 2. The number of pyridine rings is 1. The number of aromatic nitrogens is 1. The maximum atomic E-state index is 13.3. The molecule has 3 aromatic rings. The SMILES string of the molecule is CC(=O)NCCCCCc1cc2c(C)c(-c3ccc(F)cc3)oc2nc1N(C)S(C)(=O)=O. The van der Waals surface area contributed by atoms with Crippen molar-refractivity contribution in [2.45, 2.75) is 39.5 Å². The molecule has 7 nitrogen and oxygen atoms in total. The average Bonchev–Trinajstić information content (AvgIpc) is 3.04. The second-order valence-corrected chi connectivity index (χ2v) is 9.92. The lowest BCUT2D eigenvalue weighted by Crippen LogP contribution is -2.27. The van der Waals surface area contributed by atoms with Crippen molar-refractivity contribution in [2.75, 3.05) is 24.2 Å². The highest BCUT2D eigenvalue weighted by atomic mass is 32.2. The first-order valence-corrected chi connectivity index (χ1v) is 12.3. The quantitative estimate of drug-likeness (QED) is 0.483. The number of amides is 1. The number of sulfonamides is 1. The molecule has 1 aromatic carbocycles. The molecule has 0 bridgehead atoms. The van der Waals surface area contributed by atoms with Gasteiger partial charge in [-0.1, -0.05) is 6.42 Å². The van der Waals surface area contributed by atoms with Gasteiger partial charge in [0.1, 0.15) is 17.4 Å². The predicted octanol–water partition coefficient (Wildman–Crippen LogP) is 4.19. The third kappa shape index (κ3) is 5.45. The van der Waals surface area contributed by atoms with Crippen LogP contribution in [0.3, 0.4) is 0 Å². The molecule has 0 aliphatic heterocycles. The molecular weight excluding hydrogens is 433 g/mol. The van der Waals surface area contributed by atoms with Gasteiger partial charge in [0.25, 0.3) is 0 Å². The van der Waals surface area contributed by atoms with Crippen molar-refractivity contribution < 1.29 is 22.0 Å². The highest BCUT2D eigenvalue weighted by molar-refractivity contribution is 7.92. The summed E-state index contributed by atoms with van der Waals surface area (Å²) in [5, 5.41) is 3.57. The van der Waals surface area contributed by atoms with Crippen molar-refractivity contribution in [2.24, 2.45) is 0 Å². The van der Waals surface area contributed by atoms with Crippen LogP contribution >= 0.6 is 0 Å². The number of carbonyl (C=O) groups excluding carboxylic acids is 1. The minimum absolute atomic E-state index is 0.0518. The minimum Gasteiger partial charge on any atom is -0.437 e. The third-order valence-corrected chi connectivity index (χ3v) is 6.55. The summed E-state index contributed by atoms with van der Waals surface area (Å²) in [6.45, 7) is 4.01. The molecule has 1 amide bonds. The standard InChI is InChI=1S/C23H28FN3O4S/c1-15-20-14-18(8-6-5-7-13-25-16(2)28)22(27(3)32(4,29)30)26-23(20)31-21(15)17-9-11-19(24)12-10-17/h9-12,14H,5-8,13H2,1-4H3,(H,25,28). The van der Waals surface area contributed by atoms with Crippen molar-refractivity contribution in [1.29, 1.82) is 0 Å². The summed E-state index contributed by atoms with van der Waals surface area (Å²) in [4.78, 5) is 15.5. The zero-order valence-electron chi connectivity index (χ0n) is 18.7. The molecule has 1 N–H and O–H groups in total. The van der Waals surface area contributed by atoms with E-state index in [-0.39, 0.29) is 11.7 Å². The molecule has 0 saturated carbocycles. The van der Waals surface area contributed by atoms with E-state index in [4.69, 9.17) is 4.42 Å². The van der Waals surface area contributed by atoms with E-state index < -0.39 is 10.0 Å². The fraction of sp³-hybridized carbons (Fsp3) is 0.391. The molecule has 9 heteroatoms. The van der Waals surface area contributed by atoms with Crippen molar-refractivity contribution in [3.05, 3.63) is 47.3 Å². The summed E-state index contributed by atoms with van der Waals surface area (Å²) in [7, 11) is -2.04. The van der Waals surface area contributed by atoms with E-state index in [9.17, 15) is 17.6 Å².